The summed E-state index contributed by atoms with van der Waals surface area (Å²) in [6.45, 7) is 2.96. The highest BCUT2D eigenvalue weighted by molar-refractivity contribution is 7.12. The molecule has 0 spiro atoms. The minimum absolute atomic E-state index is 0.0126. The van der Waals surface area contributed by atoms with Crippen molar-refractivity contribution < 1.29 is 14.3 Å². The molecule has 7 nitrogen and oxygen atoms in total. The van der Waals surface area contributed by atoms with Gasteiger partial charge >= 0.3 is 0 Å². The lowest BCUT2D eigenvalue weighted by Crippen LogP contribution is -2.43. The van der Waals surface area contributed by atoms with Crippen LogP contribution in [0.15, 0.2) is 54.0 Å². The third-order valence-corrected chi connectivity index (χ3v) is 6.23. The summed E-state index contributed by atoms with van der Waals surface area (Å²) in [4.78, 5) is 32.1. The number of carbonyl (C=O) groups excluding carboxylic acids is 2. The van der Waals surface area contributed by atoms with Gasteiger partial charge in [-0.25, -0.2) is 4.98 Å². The van der Waals surface area contributed by atoms with Crippen LogP contribution in [0.25, 0.3) is 0 Å². The number of nitrogens with one attached hydrogen (secondary N) is 1. The Morgan fingerprint density at radius 1 is 1.28 bits per heavy atom. The number of carbonyl (C=O) groups is 2. The molecule has 0 aliphatic carbocycles. The second-order valence-corrected chi connectivity index (χ2v) is 8.55. The Morgan fingerprint density at radius 2 is 2.16 bits per heavy atom. The van der Waals surface area contributed by atoms with Crippen LogP contribution in [0.2, 0.25) is 0 Å². The van der Waals surface area contributed by atoms with E-state index >= 15 is 0 Å². The van der Waals surface area contributed by atoms with E-state index in [0.29, 0.717) is 35.0 Å². The molecule has 1 fully saturated rings. The van der Waals surface area contributed by atoms with Crippen LogP contribution in [-0.4, -0.2) is 34.8 Å². The third kappa shape index (κ3) is 4.79. The second kappa shape index (κ2) is 9.62. The van der Waals surface area contributed by atoms with Gasteiger partial charge in [-0.2, -0.15) is 5.26 Å². The largest absolute Gasteiger partial charge is 0.438 e. The fraction of sp³-hybridized carbons (Fsp3) is 0.250. The monoisotopic (exact) mass is 446 g/mol. The Hall–Kier alpha value is -3.70. The van der Waals surface area contributed by atoms with Gasteiger partial charge < -0.3 is 15.0 Å². The van der Waals surface area contributed by atoms with Gasteiger partial charge in [-0.15, -0.1) is 11.3 Å². The van der Waals surface area contributed by atoms with Crippen molar-refractivity contribution in [3.63, 3.8) is 0 Å². The zero-order chi connectivity index (χ0) is 22.5. The molecule has 2 aromatic heterocycles. The average Bonchev–Trinajstić information content (AvgIpc) is 3.36. The molecule has 1 aromatic carbocycles. The minimum Gasteiger partial charge on any atom is -0.438 e. The number of ether oxygens (including phenoxy) is 1. The first kappa shape index (κ1) is 21.5. The van der Waals surface area contributed by atoms with Crippen molar-refractivity contribution in [3.8, 4) is 17.7 Å². The fourth-order valence-electron chi connectivity index (χ4n) is 3.68. The molecule has 1 atom stereocenters. The Kier molecular flexibility index (Phi) is 6.47. The number of hydrogen-bond donors (Lipinski definition) is 1. The summed E-state index contributed by atoms with van der Waals surface area (Å²) in [5.74, 6) is 0.406. The Morgan fingerprint density at radius 3 is 2.91 bits per heavy atom. The summed E-state index contributed by atoms with van der Waals surface area (Å²) in [5.41, 5.74) is 1.86. The maximum atomic E-state index is 12.9. The summed E-state index contributed by atoms with van der Waals surface area (Å²) >= 11 is 1.42. The number of anilines is 1. The van der Waals surface area contributed by atoms with Crippen molar-refractivity contribution in [1.82, 2.24) is 9.88 Å². The molecule has 1 aliphatic rings. The van der Waals surface area contributed by atoms with Gasteiger partial charge in [-0.3, -0.25) is 9.59 Å². The smallest absolute Gasteiger partial charge is 0.263 e. The van der Waals surface area contributed by atoms with Gasteiger partial charge in [0.15, 0.2) is 0 Å². The highest BCUT2D eigenvalue weighted by Crippen LogP contribution is 2.28. The van der Waals surface area contributed by atoms with Gasteiger partial charge in [0.25, 0.3) is 5.91 Å². The number of aromatic nitrogens is 1. The first-order chi connectivity index (χ1) is 15.5. The van der Waals surface area contributed by atoms with Crippen molar-refractivity contribution in [1.29, 1.82) is 5.26 Å². The Labute approximate surface area is 190 Å². The number of pyridine rings is 1. The van der Waals surface area contributed by atoms with Crippen LogP contribution in [0.1, 0.15) is 33.6 Å². The number of thiophene rings is 1. The Bertz CT molecular complexity index is 1170. The number of benzene rings is 1. The summed E-state index contributed by atoms with van der Waals surface area (Å²) < 4.78 is 5.74. The molecule has 162 valence electrons. The predicted octanol–water partition coefficient (Wildman–Crippen LogP) is 4.61. The number of amides is 2. The van der Waals surface area contributed by atoms with Crippen LogP contribution < -0.4 is 10.1 Å². The van der Waals surface area contributed by atoms with E-state index in [1.165, 1.54) is 11.3 Å². The van der Waals surface area contributed by atoms with Crippen molar-refractivity contribution in [2.45, 2.75) is 19.8 Å². The highest BCUT2D eigenvalue weighted by Gasteiger charge is 2.29. The normalized spacial score (nSPS) is 15.6. The quantitative estimate of drug-likeness (QED) is 0.618. The second-order valence-electron chi connectivity index (χ2n) is 7.60. The van der Waals surface area contributed by atoms with E-state index < -0.39 is 0 Å². The fourth-order valence-corrected chi connectivity index (χ4v) is 4.37. The molecule has 0 radical (unpaired) electrons. The molecule has 0 bridgehead atoms. The molecule has 32 heavy (non-hydrogen) atoms. The van der Waals surface area contributed by atoms with Gasteiger partial charge in [-0.1, -0.05) is 6.07 Å². The summed E-state index contributed by atoms with van der Waals surface area (Å²) in [6.07, 6.45) is 3.11. The van der Waals surface area contributed by atoms with Gasteiger partial charge in [0, 0.05) is 25.0 Å². The first-order valence-electron chi connectivity index (χ1n) is 10.3. The van der Waals surface area contributed by atoms with E-state index in [-0.39, 0.29) is 23.6 Å². The number of likely N-dealkylation sites (tertiary alicyclic amines) is 1. The van der Waals surface area contributed by atoms with Crippen LogP contribution in [-0.2, 0) is 4.79 Å². The van der Waals surface area contributed by atoms with Gasteiger partial charge in [0.05, 0.1) is 10.8 Å². The number of aryl methyl sites for hydroxylation is 1. The van der Waals surface area contributed by atoms with Gasteiger partial charge in [0.1, 0.15) is 17.4 Å². The summed E-state index contributed by atoms with van der Waals surface area (Å²) in [5, 5.41) is 14.1. The van der Waals surface area contributed by atoms with Crippen molar-refractivity contribution in [2.75, 3.05) is 18.4 Å². The zero-order valence-electron chi connectivity index (χ0n) is 17.6. The molecule has 0 saturated carbocycles. The molecule has 1 aliphatic heterocycles. The molecule has 2 amide bonds. The number of nitrogens with zero attached hydrogens (tertiary/aromatic N) is 3. The summed E-state index contributed by atoms with van der Waals surface area (Å²) in [7, 11) is 0. The van der Waals surface area contributed by atoms with Crippen molar-refractivity contribution in [2.24, 2.45) is 5.92 Å². The lowest BCUT2D eigenvalue weighted by molar-refractivity contribution is -0.121. The van der Waals surface area contributed by atoms with Crippen LogP contribution in [0.4, 0.5) is 5.69 Å². The van der Waals surface area contributed by atoms with E-state index in [1.807, 2.05) is 24.4 Å². The van der Waals surface area contributed by atoms with E-state index in [1.54, 1.807) is 41.4 Å². The lowest BCUT2D eigenvalue weighted by Gasteiger charge is -2.32. The number of rotatable bonds is 5. The van der Waals surface area contributed by atoms with Crippen molar-refractivity contribution >= 4 is 28.8 Å². The van der Waals surface area contributed by atoms with Crippen LogP contribution in [0.3, 0.4) is 0 Å². The van der Waals surface area contributed by atoms with Gasteiger partial charge in [0.2, 0.25) is 11.8 Å². The topological polar surface area (TPSA) is 95.3 Å². The molecular formula is C24H22N4O3S. The number of hydrogen-bond acceptors (Lipinski definition) is 6. The minimum atomic E-state index is -0.255. The molecule has 1 N–H and O–H groups in total. The Balaban J connectivity index is 1.41. The van der Waals surface area contributed by atoms with E-state index in [2.05, 4.69) is 16.4 Å². The molecule has 8 heteroatoms. The molecular weight excluding hydrogens is 424 g/mol. The van der Waals surface area contributed by atoms with E-state index in [0.717, 1.165) is 18.4 Å². The molecule has 3 aromatic rings. The maximum Gasteiger partial charge on any atom is 0.263 e. The maximum absolute atomic E-state index is 12.9. The first-order valence-corrected chi connectivity index (χ1v) is 11.2. The van der Waals surface area contributed by atoms with Crippen LogP contribution >= 0.6 is 11.3 Å². The molecule has 4 rings (SSSR count). The molecule has 1 unspecified atom stereocenters. The van der Waals surface area contributed by atoms with E-state index in [4.69, 9.17) is 4.74 Å². The molecule has 3 heterocycles. The summed E-state index contributed by atoms with van der Waals surface area (Å²) in [6, 6.07) is 14.3. The lowest BCUT2D eigenvalue weighted by atomic mass is 9.96. The number of nitriles is 1. The van der Waals surface area contributed by atoms with E-state index in [9.17, 15) is 14.9 Å². The zero-order valence-corrected chi connectivity index (χ0v) is 18.4. The van der Waals surface area contributed by atoms with Gasteiger partial charge in [-0.05, 0) is 67.1 Å². The highest BCUT2D eigenvalue weighted by atomic mass is 32.1. The third-order valence-electron chi connectivity index (χ3n) is 5.37. The molecule has 1 saturated heterocycles. The number of piperidine rings is 1. The van der Waals surface area contributed by atoms with Crippen molar-refractivity contribution in [3.05, 3.63) is 70.0 Å². The van der Waals surface area contributed by atoms with Crippen LogP contribution in [0, 0.1) is 24.2 Å². The average molecular weight is 447 g/mol. The predicted molar refractivity (Wildman–Crippen MR) is 122 cm³/mol. The SMILES string of the molecule is Cc1cc(Oc2ncccc2C#N)ccc1NC(=O)C1CCCN(C(=O)c2cccs2)C1. The van der Waals surface area contributed by atoms with Crippen LogP contribution in [0.5, 0.6) is 11.6 Å². The standard InChI is InChI=1S/C24H22N4O3S/c1-16-13-19(31-23-17(14-25)5-2-10-26-23)8-9-20(16)27-22(29)18-6-3-11-28(15-18)24(30)21-7-4-12-32-21/h2,4-5,7-10,12-13,18H,3,6,11,15H2,1H3,(H,27,29).